The zero-order chi connectivity index (χ0) is 12.5. The fraction of sp³-hybridized carbons (Fsp3) is 0. The maximum atomic E-state index is 11.5. The summed E-state index contributed by atoms with van der Waals surface area (Å²) in [6.07, 6.45) is 3.73. The van der Waals surface area contributed by atoms with Crippen LogP contribution in [0.1, 0.15) is 0 Å². The molecule has 0 spiro atoms. The summed E-state index contributed by atoms with van der Waals surface area (Å²) in [7, 11) is 0. The first-order chi connectivity index (χ1) is 8.75. The largest absolute Gasteiger partial charge is 0.423 e. The number of carbonyl (C=O) groups is 2. The molecule has 3 rings (SSSR count). The van der Waals surface area contributed by atoms with E-state index >= 15 is 0 Å². The van der Waals surface area contributed by atoms with Crippen LogP contribution in [-0.4, -0.2) is 22.0 Å². The lowest BCUT2D eigenvalue weighted by Crippen LogP contribution is -2.29. The molecule has 0 bridgehead atoms. The number of nitrogens with zero attached hydrogens (tertiary/aromatic N) is 3. The van der Waals surface area contributed by atoms with E-state index in [-0.39, 0.29) is 11.8 Å². The van der Waals surface area contributed by atoms with Crippen molar-refractivity contribution in [2.45, 2.75) is 0 Å². The summed E-state index contributed by atoms with van der Waals surface area (Å²) in [4.78, 5) is 24.0. The number of aromatic nitrogens is 2. The van der Waals surface area contributed by atoms with Crippen molar-refractivity contribution in [3.05, 3.63) is 42.8 Å². The molecule has 0 N–H and O–H groups in total. The van der Waals surface area contributed by atoms with Gasteiger partial charge in [-0.3, -0.25) is 9.59 Å². The highest BCUT2D eigenvalue weighted by Gasteiger charge is 2.24. The number of hydrogen-bond donors (Lipinski definition) is 0. The van der Waals surface area contributed by atoms with Crippen molar-refractivity contribution in [2.24, 2.45) is 0 Å². The third-order valence-electron chi connectivity index (χ3n) is 2.54. The van der Waals surface area contributed by atoms with Gasteiger partial charge in [-0.05, 0) is 24.3 Å². The highest BCUT2D eigenvalue weighted by molar-refractivity contribution is 6.28. The average Bonchev–Trinajstić information content (AvgIpc) is 3.01. The van der Waals surface area contributed by atoms with E-state index in [2.05, 4.69) is 10.2 Å². The number of amides is 2. The predicted octanol–water partition coefficient (Wildman–Crippen LogP) is 1.17. The molecule has 18 heavy (non-hydrogen) atoms. The zero-order valence-electron chi connectivity index (χ0n) is 9.11. The minimum absolute atomic E-state index is 0.342. The summed E-state index contributed by atoms with van der Waals surface area (Å²) in [6.45, 7) is 0. The summed E-state index contributed by atoms with van der Waals surface area (Å²) in [5, 5.41) is 7.34. The minimum atomic E-state index is -0.342. The van der Waals surface area contributed by atoms with Gasteiger partial charge in [0.2, 0.25) is 12.3 Å². The fourth-order valence-electron chi connectivity index (χ4n) is 1.71. The Hall–Kier alpha value is -2.76. The Labute approximate surface area is 102 Å². The van der Waals surface area contributed by atoms with E-state index in [1.807, 2.05) is 0 Å². The van der Waals surface area contributed by atoms with E-state index in [1.54, 1.807) is 24.3 Å². The zero-order valence-corrected chi connectivity index (χ0v) is 9.11. The normalized spacial score (nSPS) is 14.6. The van der Waals surface area contributed by atoms with Gasteiger partial charge in [0.25, 0.3) is 11.8 Å². The van der Waals surface area contributed by atoms with Gasteiger partial charge in [-0.15, -0.1) is 10.2 Å². The Morgan fingerprint density at radius 2 is 1.67 bits per heavy atom. The molecule has 1 aromatic heterocycles. The van der Waals surface area contributed by atoms with Crippen LogP contribution in [0.25, 0.3) is 11.5 Å². The van der Waals surface area contributed by atoms with Crippen LogP contribution in [0.3, 0.4) is 0 Å². The van der Waals surface area contributed by atoms with Crippen LogP contribution in [0.2, 0.25) is 0 Å². The molecule has 2 heterocycles. The van der Waals surface area contributed by atoms with E-state index in [0.717, 1.165) is 10.5 Å². The van der Waals surface area contributed by atoms with Gasteiger partial charge < -0.3 is 4.42 Å². The smallest absolute Gasteiger partial charge is 0.258 e. The highest BCUT2D eigenvalue weighted by Crippen LogP contribution is 2.23. The summed E-state index contributed by atoms with van der Waals surface area (Å²) in [6, 6.07) is 6.73. The number of imide groups is 1. The first-order valence-corrected chi connectivity index (χ1v) is 5.18. The SMILES string of the molecule is O=C1C=CC(=O)N1c1ccc(-c2nnco2)cc1. The lowest BCUT2D eigenvalue weighted by atomic mass is 10.2. The van der Waals surface area contributed by atoms with Crippen LogP contribution < -0.4 is 4.90 Å². The van der Waals surface area contributed by atoms with Gasteiger partial charge in [-0.25, -0.2) is 4.90 Å². The summed E-state index contributed by atoms with van der Waals surface area (Å²) in [5.74, 6) is -0.296. The number of benzene rings is 1. The van der Waals surface area contributed by atoms with Gasteiger partial charge in [-0.1, -0.05) is 0 Å². The molecule has 1 aromatic carbocycles. The number of anilines is 1. The molecule has 1 aliphatic heterocycles. The molecule has 2 aromatic rings. The van der Waals surface area contributed by atoms with Crippen LogP contribution in [0.15, 0.2) is 47.2 Å². The minimum Gasteiger partial charge on any atom is -0.423 e. The van der Waals surface area contributed by atoms with Crippen LogP contribution in [0.4, 0.5) is 5.69 Å². The predicted molar refractivity (Wildman–Crippen MR) is 61.4 cm³/mol. The molecule has 0 saturated carbocycles. The van der Waals surface area contributed by atoms with Crippen molar-refractivity contribution in [3.63, 3.8) is 0 Å². The molecule has 2 amide bonds. The second-order valence-electron chi connectivity index (χ2n) is 3.64. The second kappa shape index (κ2) is 3.92. The lowest BCUT2D eigenvalue weighted by molar-refractivity contribution is -0.119. The molecule has 1 aliphatic rings. The van der Waals surface area contributed by atoms with E-state index in [4.69, 9.17) is 4.42 Å². The van der Waals surface area contributed by atoms with E-state index < -0.39 is 0 Å². The maximum absolute atomic E-state index is 11.5. The van der Waals surface area contributed by atoms with E-state index in [0.29, 0.717) is 11.6 Å². The summed E-state index contributed by atoms with van der Waals surface area (Å²) >= 11 is 0. The van der Waals surface area contributed by atoms with Crippen molar-refractivity contribution in [1.29, 1.82) is 0 Å². The Balaban J connectivity index is 1.92. The third-order valence-corrected chi connectivity index (χ3v) is 2.54. The molecule has 0 unspecified atom stereocenters. The first-order valence-electron chi connectivity index (χ1n) is 5.18. The molecule has 6 nitrogen and oxygen atoms in total. The molecule has 0 fully saturated rings. The van der Waals surface area contributed by atoms with E-state index in [1.165, 1.54) is 18.5 Å². The molecular weight excluding hydrogens is 234 g/mol. The van der Waals surface area contributed by atoms with Gasteiger partial charge in [0.1, 0.15) is 0 Å². The van der Waals surface area contributed by atoms with Crippen molar-refractivity contribution in [2.75, 3.05) is 4.90 Å². The molecule has 0 atom stereocenters. The van der Waals surface area contributed by atoms with Gasteiger partial charge in [0.05, 0.1) is 5.69 Å². The van der Waals surface area contributed by atoms with Crippen molar-refractivity contribution < 1.29 is 14.0 Å². The maximum Gasteiger partial charge on any atom is 0.258 e. The number of carbonyl (C=O) groups excluding carboxylic acids is 2. The van der Waals surface area contributed by atoms with Crippen LogP contribution in [0, 0.1) is 0 Å². The Morgan fingerprint density at radius 3 is 2.22 bits per heavy atom. The first kappa shape index (κ1) is 10.4. The number of hydrogen-bond acceptors (Lipinski definition) is 5. The third kappa shape index (κ3) is 1.60. The second-order valence-corrected chi connectivity index (χ2v) is 3.64. The van der Waals surface area contributed by atoms with Gasteiger partial charge in [-0.2, -0.15) is 0 Å². The van der Waals surface area contributed by atoms with Crippen LogP contribution >= 0.6 is 0 Å². The summed E-state index contributed by atoms with van der Waals surface area (Å²) < 4.78 is 5.05. The Morgan fingerprint density at radius 1 is 1.00 bits per heavy atom. The van der Waals surface area contributed by atoms with E-state index in [9.17, 15) is 9.59 Å². The Bertz CT molecular complexity index is 611. The quantitative estimate of drug-likeness (QED) is 0.737. The van der Waals surface area contributed by atoms with Gasteiger partial charge >= 0.3 is 0 Å². The van der Waals surface area contributed by atoms with Crippen molar-refractivity contribution in [3.8, 4) is 11.5 Å². The Kier molecular flexibility index (Phi) is 2.26. The van der Waals surface area contributed by atoms with Crippen LogP contribution in [-0.2, 0) is 9.59 Å². The molecule has 0 saturated heterocycles. The molecule has 88 valence electrons. The fourth-order valence-corrected chi connectivity index (χ4v) is 1.71. The van der Waals surface area contributed by atoms with Crippen molar-refractivity contribution in [1.82, 2.24) is 10.2 Å². The van der Waals surface area contributed by atoms with Crippen molar-refractivity contribution >= 4 is 17.5 Å². The highest BCUT2D eigenvalue weighted by atomic mass is 16.4. The van der Waals surface area contributed by atoms with Gasteiger partial charge in [0.15, 0.2) is 0 Å². The standard InChI is InChI=1S/C12H7N3O3/c16-10-5-6-11(17)15(10)9-3-1-8(2-4-9)12-14-13-7-18-12/h1-7H. The monoisotopic (exact) mass is 241 g/mol. The average molecular weight is 241 g/mol. The van der Waals surface area contributed by atoms with Crippen LogP contribution in [0.5, 0.6) is 0 Å². The van der Waals surface area contributed by atoms with Gasteiger partial charge in [0, 0.05) is 17.7 Å². The molecule has 0 aliphatic carbocycles. The topological polar surface area (TPSA) is 76.3 Å². The number of rotatable bonds is 2. The molecular formula is C12H7N3O3. The lowest BCUT2D eigenvalue weighted by Gasteiger charge is -2.13. The molecule has 0 radical (unpaired) electrons. The molecule has 6 heteroatoms. The summed E-state index contributed by atoms with van der Waals surface area (Å²) in [5.41, 5.74) is 1.24.